The number of carbonyl (C=O) groups excluding carboxylic acids is 2. The summed E-state index contributed by atoms with van der Waals surface area (Å²) in [6.45, 7) is 7.60. The second-order valence-corrected chi connectivity index (χ2v) is 10.6. The Morgan fingerprint density at radius 3 is 2.89 bits per heavy atom. The van der Waals surface area contributed by atoms with Crippen LogP contribution < -0.4 is 15.0 Å². The van der Waals surface area contributed by atoms with E-state index in [-0.39, 0.29) is 24.4 Å². The molecule has 6 rings (SSSR count). The lowest BCUT2D eigenvalue weighted by molar-refractivity contribution is -0.127. The van der Waals surface area contributed by atoms with E-state index in [4.69, 9.17) is 9.84 Å². The first-order valence-electron chi connectivity index (χ1n) is 13.7. The van der Waals surface area contributed by atoms with Crippen LogP contribution in [0, 0.1) is 6.92 Å². The molecule has 3 aliphatic heterocycles. The molecule has 1 fully saturated rings. The standard InChI is InChI=1S/C30H35N5O3/c1-3-14-34-19-23(21(2)32-34)18-33-15-12-30-25-10-4-5-11-26(25)35(29(30)37)20-27(36)31-13-7-16-38-24-9-6-8-22(17-24)28(30)33/h4-6,8-11,17,19,28H,3,7,12-16,18,20H2,1-2H3,(H,31,36)/t28-,30+/m0/s1. The van der Waals surface area contributed by atoms with Gasteiger partial charge in [0.15, 0.2) is 0 Å². The first kappa shape index (κ1) is 24.7. The molecule has 4 bridgehead atoms. The van der Waals surface area contributed by atoms with Crippen molar-refractivity contribution in [2.75, 3.05) is 31.1 Å². The minimum Gasteiger partial charge on any atom is -0.494 e. The van der Waals surface area contributed by atoms with E-state index in [0.29, 0.717) is 32.5 Å². The molecule has 1 aromatic heterocycles. The SMILES string of the molecule is CCCn1cc(CN2CC[C@]34C(=O)N(CC(=O)NCCCOc5cccc(c5)[C@H]23)c2ccccc24)c(C)n1. The van der Waals surface area contributed by atoms with E-state index in [1.807, 2.05) is 35.0 Å². The number of likely N-dealkylation sites (tertiary alicyclic amines) is 1. The summed E-state index contributed by atoms with van der Waals surface area (Å²) >= 11 is 0. The number of rotatable bonds is 4. The number of benzene rings is 2. The Balaban J connectivity index is 1.48. The van der Waals surface area contributed by atoms with Gasteiger partial charge in [0.2, 0.25) is 11.8 Å². The van der Waals surface area contributed by atoms with E-state index in [1.54, 1.807) is 4.90 Å². The summed E-state index contributed by atoms with van der Waals surface area (Å²) in [6.07, 6.45) is 4.55. The van der Waals surface area contributed by atoms with Crippen molar-refractivity contribution in [3.63, 3.8) is 0 Å². The smallest absolute Gasteiger partial charge is 0.240 e. The molecular weight excluding hydrogens is 478 g/mol. The largest absolute Gasteiger partial charge is 0.494 e. The van der Waals surface area contributed by atoms with Gasteiger partial charge in [0.25, 0.3) is 0 Å². The highest BCUT2D eigenvalue weighted by Crippen LogP contribution is 2.57. The number of hydrogen-bond acceptors (Lipinski definition) is 5. The minimum absolute atomic E-state index is 0.00290. The molecule has 0 unspecified atom stereocenters. The van der Waals surface area contributed by atoms with Crippen molar-refractivity contribution in [3.05, 3.63) is 77.1 Å². The quantitative estimate of drug-likeness (QED) is 0.575. The van der Waals surface area contributed by atoms with Crippen LogP contribution in [0.3, 0.4) is 0 Å². The van der Waals surface area contributed by atoms with Gasteiger partial charge in [-0.2, -0.15) is 5.10 Å². The van der Waals surface area contributed by atoms with Crippen LogP contribution in [0.25, 0.3) is 0 Å². The molecule has 0 radical (unpaired) electrons. The predicted octanol–water partition coefficient (Wildman–Crippen LogP) is 3.73. The Labute approximate surface area is 223 Å². The summed E-state index contributed by atoms with van der Waals surface area (Å²) in [5.74, 6) is 0.643. The Hall–Kier alpha value is -3.65. The topological polar surface area (TPSA) is 79.7 Å². The normalized spacial score (nSPS) is 23.4. The van der Waals surface area contributed by atoms with Gasteiger partial charge in [-0.15, -0.1) is 0 Å². The van der Waals surface area contributed by atoms with E-state index in [9.17, 15) is 9.59 Å². The molecule has 0 saturated carbocycles. The highest BCUT2D eigenvalue weighted by Gasteiger charge is 2.60. The maximum Gasteiger partial charge on any atom is 0.240 e. The fraction of sp³-hybridized carbons (Fsp3) is 0.433. The summed E-state index contributed by atoms with van der Waals surface area (Å²) in [4.78, 5) is 31.5. The Bertz CT molecular complexity index is 1370. The molecular formula is C30H35N5O3. The number of aryl methyl sites for hydroxylation is 2. The highest BCUT2D eigenvalue weighted by molar-refractivity contribution is 6.11. The van der Waals surface area contributed by atoms with Crippen LogP contribution >= 0.6 is 0 Å². The van der Waals surface area contributed by atoms with Crippen molar-refractivity contribution in [1.82, 2.24) is 20.0 Å². The van der Waals surface area contributed by atoms with Gasteiger partial charge in [0, 0.05) is 43.6 Å². The van der Waals surface area contributed by atoms with E-state index < -0.39 is 5.41 Å². The van der Waals surface area contributed by atoms with Crippen molar-refractivity contribution in [2.24, 2.45) is 0 Å². The van der Waals surface area contributed by atoms with Crippen LogP contribution in [0.4, 0.5) is 5.69 Å². The lowest BCUT2D eigenvalue weighted by Crippen LogP contribution is -2.47. The van der Waals surface area contributed by atoms with Crippen molar-refractivity contribution in [3.8, 4) is 5.75 Å². The molecule has 2 amide bonds. The molecule has 38 heavy (non-hydrogen) atoms. The monoisotopic (exact) mass is 513 g/mol. The van der Waals surface area contributed by atoms with E-state index in [1.165, 1.54) is 5.56 Å². The lowest BCUT2D eigenvalue weighted by atomic mass is 9.72. The van der Waals surface area contributed by atoms with Crippen LogP contribution in [0.1, 0.15) is 54.6 Å². The third-order valence-electron chi connectivity index (χ3n) is 8.19. The number of para-hydroxylation sites is 1. The summed E-state index contributed by atoms with van der Waals surface area (Å²) < 4.78 is 8.10. The number of ether oxygens (including phenoxy) is 1. The molecule has 3 aromatic rings. The number of fused-ring (bicyclic) bond motifs is 6. The summed E-state index contributed by atoms with van der Waals surface area (Å²) in [7, 11) is 0. The van der Waals surface area contributed by atoms with Gasteiger partial charge < -0.3 is 15.0 Å². The maximum atomic E-state index is 14.5. The number of nitrogens with zero attached hydrogens (tertiary/aromatic N) is 4. The summed E-state index contributed by atoms with van der Waals surface area (Å²) in [5.41, 5.74) is 4.32. The molecule has 8 heteroatoms. The van der Waals surface area contributed by atoms with E-state index >= 15 is 0 Å². The molecule has 2 aromatic carbocycles. The molecule has 4 heterocycles. The lowest BCUT2D eigenvalue weighted by Gasteiger charge is -2.35. The Morgan fingerprint density at radius 1 is 1.16 bits per heavy atom. The first-order valence-corrected chi connectivity index (χ1v) is 13.7. The van der Waals surface area contributed by atoms with E-state index in [2.05, 4.69) is 48.5 Å². The third kappa shape index (κ3) is 4.07. The van der Waals surface area contributed by atoms with Crippen molar-refractivity contribution < 1.29 is 14.3 Å². The molecule has 8 nitrogen and oxygen atoms in total. The summed E-state index contributed by atoms with van der Waals surface area (Å²) in [5, 5.41) is 7.69. The average Bonchev–Trinajstić information content (AvgIpc) is 3.53. The third-order valence-corrected chi connectivity index (χ3v) is 8.19. The number of anilines is 1. The molecule has 198 valence electrons. The number of hydrogen-bond donors (Lipinski definition) is 1. The Kier molecular flexibility index (Phi) is 6.43. The highest BCUT2D eigenvalue weighted by atomic mass is 16.5. The number of nitrogens with one attached hydrogen (secondary N) is 1. The average molecular weight is 514 g/mol. The van der Waals surface area contributed by atoms with Crippen LogP contribution in [0.5, 0.6) is 5.75 Å². The van der Waals surface area contributed by atoms with Crippen LogP contribution in [-0.4, -0.2) is 52.7 Å². The van der Waals surface area contributed by atoms with Crippen LogP contribution in [-0.2, 0) is 28.1 Å². The fourth-order valence-corrected chi connectivity index (χ4v) is 6.52. The van der Waals surface area contributed by atoms with E-state index in [0.717, 1.165) is 47.8 Å². The molecule has 1 N–H and O–H groups in total. The fourth-order valence-electron chi connectivity index (χ4n) is 6.52. The zero-order chi connectivity index (χ0) is 26.3. The van der Waals surface area contributed by atoms with Gasteiger partial charge in [0.05, 0.1) is 23.8 Å². The van der Waals surface area contributed by atoms with Crippen LogP contribution in [0.15, 0.2) is 54.7 Å². The minimum atomic E-state index is -0.785. The number of aromatic nitrogens is 2. The molecule has 0 aliphatic carbocycles. The van der Waals surface area contributed by atoms with Gasteiger partial charge in [-0.3, -0.25) is 19.2 Å². The first-order chi connectivity index (χ1) is 18.5. The molecule has 1 spiro atoms. The zero-order valence-electron chi connectivity index (χ0n) is 22.2. The zero-order valence-corrected chi connectivity index (χ0v) is 22.2. The second-order valence-electron chi connectivity index (χ2n) is 10.6. The molecule has 1 saturated heterocycles. The van der Waals surface area contributed by atoms with Gasteiger partial charge in [-0.05, 0) is 55.5 Å². The Morgan fingerprint density at radius 2 is 2.03 bits per heavy atom. The van der Waals surface area contributed by atoms with Crippen molar-refractivity contribution in [1.29, 1.82) is 0 Å². The van der Waals surface area contributed by atoms with Crippen molar-refractivity contribution >= 4 is 17.5 Å². The summed E-state index contributed by atoms with van der Waals surface area (Å²) in [6, 6.07) is 16.0. The van der Waals surface area contributed by atoms with Gasteiger partial charge >= 0.3 is 0 Å². The second kappa shape index (κ2) is 9.91. The van der Waals surface area contributed by atoms with Crippen LogP contribution in [0.2, 0.25) is 0 Å². The number of amides is 2. The maximum absolute atomic E-state index is 14.5. The van der Waals surface area contributed by atoms with Gasteiger partial charge in [0.1, 0.15) is 12.3 Å². The van der Waals surface area contributed by atoms with Crippen molar-refractivity contribution in [2.45, 2.75) is 57.7 Å². The predicted molar refractivity (Wildman–Crippen MR) is 145 cm³/mol. The number of carbonyl (C=O) groups is 2. The van der Waals surface area contributed by atoms with Gasteiger partial charge in [-0.25, -0.2) is 0 Å². The molecule has 3 aliphatic rings. The molecule has 2 atom stereocenters. The van der Waals surface area contributed by atoms with Gasteiger partial charge in [-0.1, -0.05) is 37.3 Å².